The van der Waals surface area contributed by atoms with Gasteiger partial charge in [0.25, 0.3) is 0 Å². The molecule has 132 valence electrons. The highest BCUT2D eigenvalue weighted by atomic mass is 19.1. The third-order valence-corrected chi connectivity index (χ3v) is 5.92. The first-order valence-corrected chi connectivity index (χ1v) is 8.53. The van der Waals surface area contributed by atoms with E-state index in [4.69, 9.17) is 4.74 Å². The molecule has 0 aromatic rings. The summed E-state index contributed by atoms with van der Waals surface area (Å²) in [7, 11) is 0. The van der Waals surface area contributed by atoms with E-state index >= 15 is 0 Å². The molecule has 3 rings (SSSR count). The van der Waals surface area contributed by atoms with Crippen LogP contribution in [0.1, 0.15) is 60.8 Å². The SMILES string of the molecule is CC(C)OC(=O)[C@](C)(CCF)N=C1C[C@H]2C[C@H](C2(C)C)[C@@]1(C)O. The molecule has 0 heterocycles. The molecule has 1 N–H and O–H groups in total. The molecule has 0 aromatic heterocycles. The fraction of sp³-hybridized carbons (Fsp3) is 0.889. The second-order valence-electron chi connectivity index (χ2n) is 8.38. The zero-order valence-electron chi connectivity index (χ0n) is 15.1. The Morgan fingerprint density at radius 2 is 2.09 bits per heavy atom. The predicted octanol–water partition coefficient (Wildman–Crippen LogP) is 3.31. The van der Waals surface area contributed by atoms with E-state index in [0.29, 0.717) is 18.1 Å². The van der Waals surface area contributed by atoms with Crippen LogP contribution in [0.5, 0.6) is 0 Å². The molecule has 0 aromatic carbocycles. The molecule has 0 spiro atoms. The Morgan fingerprint density at radius 1 is 1.48 bits per heavy atom. The van der Waals surface area contributed by atoms with Gasteiger partial charge >= 0.3 is 5.97 Å². The number of aliphatic imine (C=N–C) groups is 1. The summed E-state index contributed by atoms with van der Waals surface area (Å²) in [5, 5.41) is 11.0. The summed E-state index contributed by atoms with van der Waals surface area (Å²) in [6.45, 7) is 10.6. The Hall–Kier alpha value is -0.970. The zero-order valence-corrected chi connectivity index (χ0v) is 15.1. The fourth-order valence-electron chi connectivity index (χ4n) is 4.14. The van der Waals surface area contributed by atoms with Crippen LogP contribution in [-0.4, -0.2) is 40.7 Å². The number of rotatable bonds is 5. The minimum absolute atomic E-state index is 0.0309. The quantitative estimate of drug-likeness (QED) is 0.788. The number of halogens is 1. The number of carbonyl (C=O) groups excluding carboxylic acids is 1. The largest absolute Gasteiger partial charge is 0.461 e. The van der Waals surface area contributed by atoms with E-state index in [1.165, 1.54) is 0 Å². The summed E-state index contributed by atoms with van der Waals surface area (Å²) in [5.41, 5.74) is -1.62. The van der Waals surface area contributed by atoms with Crippen LogP contribution >= 0.6 is 0 Å². The molecule has 3 fully saturated rings. The Kier molecular flexibility index (Phi) is 4.66. The molecule has 3 saturated carbocycles. The van der Waals surface area contributed by atoms with Gasteiger partial charge in [0.15, 0.2) is 5.54 Å². The Morgan fingerprint density at radius 3 is 2.52 bits per heavy atom. The maximum Gasteiger partial charge on any atom is 0.334 e. The average Bonchev–Trinajstić information content (AvgIpc) is 2.39. The molecular weight excluding hydrogens is 297 g/mol. The van der Waals surface area contributed by atoms with Gasteiger partial charge in [-0.05, 0) is 57.8 Å². The molecule has 2 bridgehead atoms. The average molecular weight is 327 g/mol. The highest BCUT2D eigenvalue weighted by Crippen LogP contribution is 2.61. The summed E-state index contributed by atoms with van der Waals surface area (Å²) >= 11 is 0. The highest BCUT2D eigenvalue weighted by molar-refractivity contribution is 5.97. The predicted molar refractivity (Wildman–Crippen MR) is 88.3 cm³/mol. The number of hydrogen-bond acceptors (Lipinski definition) is 4. The number of carbonyl (C=O) groups is 1. The van der Waals surface area contributed by atoms with Gasteiger partial charge in [0.1, 0.15) is 5.60 Å². The van der Waals surface area contributed by atoms with Gasteiger partial charge in [-0.2, -0.15) is 0 Å². The molecule has 0 aliphatic heterocycles. The minimum atomic E-state index is -1.27. The fourth-order valence-corrected chi connectivity index (χ4v) is 4.14. The van der Waals surface area contributed by atoms with Crippen LogP contribution in [-0.2, 0) is 9.53 Å². The van der Waals surface area contributed by atoms with Crippen LogP contribution in [0.15, 0.2) is 4.99 Å². The first-order valence-electron chi connectivity index (χ1n) is 8.53. The third kappa shape index (κ3) is 3.04. The first-order chi connectivity index (χ1) is 10.4. The summed E-state index contributed by atoms with van der Waals surface area (Å²) in [5.74, 6) is 0.0671. The molecule has 23 heavy (non-hydrogen) atoms. The number of fused-ring (bicyclic) bond motifs is 2. The molecule has 3 aliphatic rings. The number of hydrogen-bond donors (Lipinski definition) is 1. The van der Waals surface area contributed by atoms with Crippen LogP contribution in [0.25, 0.3) is 0 Å². The monoisotopic (exact) mass is 327 g/mol. The number of nitrogens with zero attached hydrogens (tertiary/aromatic N) is 1. The molecular formula is C18H30FNO3. The van der Waals surface area contributed by atoms with Gasteiger partial charge in [-0.15, -0.1) is 0 Å². The zero-order chi connectivity index (χ0) is 17.6. The number of esters is 1. The van der Waals surface area contributed by atoms with Gasteiger partial charge in [0, 0.05) is 12.1 Å². The molecule has 5 heteroatoms. The molecule has 0 saturated heterocycles. The number of aliphatic hydroxyl groups is 1. The first kappa shape index (κ1) is 18.4. The third-order valence-electron chi connectivity index (χ3n) is 5.92. The second kappa shape index (κ2) is 5.83. The summed E-state index contributed by atoms with van der Waals surface area (Å²) in [6, 6.07) is 0. The maximum atomic E-state index is 13.0. The normalized spacial score (nSPS) is 36.5. The van der Waals surface area contributed by atoms with E-state index < -0.39 is 23.8 Å². The van der Waals surface area contributed by atoms with E-state index in [0.717, 1.165) is 6.42 Å². The molecule has 0 unspecified atom stereocenters. The van der Waals surface area contributed by atoms with Crippen molar-refractivity contribution in [2.75, 3.05) is 6.67 Å². The molecule has 0 radical (unpaired) electrons. The maximum absolute atomic E-state index is 13.0. The van der Waals surface area contributed by atoms with Crippen molar-refractivity contribution in [1.29, 1.82) is 0 Å². The lowest BCUT2D eigenvalue weighted by Crippen LogP contribution is -2.65. The van der Waals surface area contributed by atoms with Gasteiger partial charge < -0.3 is 9.84 Å². The van der Waals surface area contributed by atoms with Gasteiger partial charge in [-0.25, -0.2) is 4.79 Å². The van der Waals surface area contributed by atoms with Crippen LogP contribution < -0.4 is 0 Å². The lowest BCUT2D eigenvalue weighted by Gasteiger charge is -2.63. The summed E-state index contributed by atoms with van der Waals surface area (Å²) in [6.07, 6.45) is 1.33. The van der Waals surface area contributed by atoms with Crippen molar-refractivity contribution in [3.8, 4) is 0 Å². The number of ether oxygens (including phenoxy) is 1. The van der Waals surface area contributed by atoms with Crippen LogP contribution in [0, 0.1) is 17.3 Å². The Labute approximate surface area is 138 Å². The smallest absolute Gasteiger partial charge is 0.334 e. The Bertz CT molecular complexity index is 512. The lowest BCUT2D eigenvalue weighted by atomic mass is 9.44. The van der Waals surface area contributed by atoms with Gasteiger partial charge in [0.05, 0.1) is 12.8 Å². The van der Waals surface area contributed by atoms with Crippen molar-refractivity contribution >= 4 is 11.7 Å². The summed E-state index contributed by atoms with van der Waals surface area (Å²) in [4.78, 5) is 17.0. The topological polar surface area (TPSA) is 58.9 Å². The highest BCUT2D eigenvalue weighted by Gasteiger charge is 2.62. The van der Waals surface area contributed by atoms with E-state index in [9.17, 15) is 14.3 Å². The van der Waals surface area contributed by atoms with E-state index in [1.54, 1.807) is 27.7 Å². The van der Waals surface area contributed by atoms with Crippen molar-refractivity contribution in [2.45, 2.75) is 78.0 Å². The molecule has 4 atom stereocenters. The van der Waals surface area contributed by atoms with Crippen molar-refractivity contribution in [3.63, 3.8) is 0 Å². The standard InChI is InChI=1S/C18H30FNO3/c1-11(2)23-15(21)17(5,7-8-19)20-14-10-12-9-13(16(12,3)4)18(14,6)22/h11-13,22H,7-10H2,1-6H3/t12-,13-,17+,18-/m1/s1. The molecule has 0 amide bonds. The number of alkyl halides is 1. The molecule has 3 aliphatic carbocycles. The van der Waals surface area contributed by atoms with Crippen LogP contribution in [0.2, 0.25) is 0 Å². The lowest BCUT2D eigenvalue weighted by molar-refractivity contribution is -0.154. The van der Waals surface area contributed by atoms with E-state index in [1.807, 2.05) is 0 Å². The van der Waals surface area contributed by atoms with Crippen LogP contribution in [0.3, 0.4) is 0 Å². The van der Waals surface area contributed by atoms with E-state index in [-0.39, 0.29) is 23.9 Å². The van der Waals surface area contributed by atoms with Crippen LogP contribution in [0.4, 0.5) is 4.39 Å². The van der Waals surface area contributed by atoms with E-state index in [2.05, 4.69) is 18.8 Å². The summed E-state index contributed by atoms with van der Waals surface area (Å²) < 4.78 is 18.3. The van der Waals surface area contributed by atoms with Gasteiger partial charge in [-0.1, -0.05) is 13.8 Å². The van der Waals surface area contributed by atoms with Crippen molar-refractivity contribution < 1.29 is 19.0 Å². The van der Waals surface area contributed by atoms with Crippen molar-refractivity contribution in [1.82, 2.24) is 0 Å². The minimum Gasteiger partial charge on any atom is -0.461 e. The van der Waals surface area contributed by atoms with Crippen molar-refractivity contribution in [3.05, 3.63) is 0 Å². The second-order valence-corrected chi connectivity index (χ2v) is 8.38. The van der Waals surface area contributed by atoms with Crippen molar-refractivity contribution in [2.24, 2.45) is 22.2 Å². The Balaban J connectivity index is 2.32. The molecule has 4 nitrogen and oxygen atoms in total. The van der Waals surface area contributed by atoms with Gasteiger partial charge in [-0.3, -0.25) is 9.38 Å². The van der Waals surface area contributed by atoms with Gasteiger partial charge in [0.2, 0.25) is 0 Å².